The van der Waals surface area contributed by atoms with Gasteiger partial charge in [-0.05, 0) is 25.0 Å². The molecule has 0 aliphatic heterocycles. The molecule has 3 nitrogen and oxygen atoms in total. The van der Waals surface area contributed by atoms with Gasteiger partial charge < -0.3 is 10.0 Å². The molecule has 1 aromatic rings. The Hall–Kier alpha value is -1.84. The Balaban J connectivity index is 2.71. The van der Waals surface area contributed by atoms with E-state index in [4.69, 9.17) is 5.11 Å². The number of amides is 1. The number of hydrogen-bond donors (Lipinski definition) is 1. The molecule has 0 aliphatic carbocycles. The van der Waals surface area contributed by atoms with Crippen molar-refractivity contribution >= 4 is 5.91 Å². The third kappa shape index (κ3) is 3.59. The van der Waals surface area contributed by atoms with E-state index in [0.29, 0.717) is 6.54 Å². The predicted molar refractivity (Wildman–Crippen MR) is 64.5 cm³/mol. The van der Waals surface area contributed by atoms with Crippen LogP contribution in [0.5, 0.6) is 5.75 Å². The molecule has 0 radical (unpaired) electrons. The van der Waals surface area contributed by atoms with E-state index < -0.39 is 5.82 Å². The average Bonchev–Trinajstić information content (AvgIpc) is 2.28. The Morgan fingerprint density at radius 1 is 1.59 bits per heavy atom. The number of phenols is 1. The Morgan fingerprint density at radius 3 is 2.88 bits per heavy atom. The van der Waals surface area contributed by atoms with E-state index >= 15 is 0 Å². The van der Waals surface area contributed by atoms with Crippen LogP contribution in [-0.4, -0.2) is 29.5 Å². The standard InChI is InChI=1S/C13H16FNO2/c1-3-4-5-8-15(2)13(17)11-7-6-10(16)9-12(11)14/h3,6-7,9,16H,1,4-5,8H2,2H3. The molecule has 0 bridgehead atoms. The van der Waals surface area contributed by atoms with Gasteiger partial charge >= 0.3 is 0 Å². The van der Waals surface area contributed by atoms with Gasteiger partial charge in [0.1, 0.15) is 11.6 Å². The lowest BCUT2D eigenvalue weighted by molar-refractivity contribution is 0.0789. The second-order valence-electron chi connectivity index (χ2n) is 3.82. The monoisotopic (exact) mass is 237 g/mol. The van der Waals surface area contributed by atoms with Crippen molar-refractivity contribution in [2.45, 2.75) is 12.8 Å². The fourth-order valence-corrected chi connectivity index (χ4v) is 1.46. The highest BCUT2D eigenvalue weighted by molar-refractivity contribution is 5.94. The van der Waals surface area contributed by atoms with Gasteiger partial charge in [0.2, 0.25) is 0 Å². The molecule has 92 valence electrons. The van der Waals surface area contributed by atoms with Crippen molar-refractivity contribution in [1.82, 2.24) is 4.90 Å². The molecule has 0 fully saturated rings. The van der Waals surface area contributed by atoms with Gasteiger partial charge in [-0.25, -0.2) is 4.39 Å². The summed E-state index contributed by atoms with van der Waals surface area (Å²) in [5.74, 6) is -1.27. The Morgan fingerprint density at radius 2 is 2.29 bits per heavy atom. The third-order valence-corrected chi connectivity index (χ3v) is 2.43. The minimum atomic E-state index is -0.703. The van der Waals surface area contributed by atoms with Crippen molar-refractivity contribution in [1.29, 1.82) is 0 Å². The average molecular weight is 237 g/mol. The molecule has 0 atom stereocenters. The van der Waals surface area contributed by atoms with Gasteiger partial charge in [-0.1, -0.05) is 6.08 Å². The Bertz CT molecular complexity index is 418. The summed E-state index contributed by atoms with van der Waals surface area (Å²) in [4.78, 5) is 13.3. The van der Waals surface area contributed by atoms with Crippen LogP contribution in [0.4, 0.5) is 4.39 Å². The number of carbonyl (C=O) groups is 1. The molecule has 0 aliphatic rings. The molecule has 0 saturated heterocycles. The van der Waals surface area contributed by atoms with E-state index in [-0.39, 0.29) is 17.2 Å². The zero-order valence-electron chi connectivity index (χ0n) is 9.82. The fraction of sp³-hybridized carbons (Fsp3) is 0.308. The Labute approximate surface area is 100 Å². The minimum Gasteiger partial charge on any atom is -0.508 e. The van der Waals surface area contributed by atoms with Crippen LogP contribution in [0, 0.1) is 5.82 Å². The third-order valence-electron chi connectivity index (χ3n) is 2.43. The van der Waals surface area contributed by atoms with E-state index in [9.17, 15) is 9.18 Å². The van der Waals surface area contributed by atoms with E-state index in [1.54, 1.807) is 13.1 Å². The van der Waals surface area contributed by atoms with Crippen LogP contribution < -0.4 is 0 Å². The lowest BCUT2D eigenvalue weighted by Gasteiger charge is -2.17. The molecule has 1 N–H and O–H groups in total. The van der Waals surface area contributed by atoms with Crippen molar-refractivity contribution in [2.75, 3.05) is 13.6 Å². The second kappa shape index (κ2) is 6.03. The first-order valence-corrected chi connectivity index (χ1v) is 5.41. The number of benzene rings is 1. The number of halogens is 1. The van der Waals surface area contributed by atoms with Crippen molar-refractivity contribution in [3.63, 3.8) is 0 Å². The molecular weight excluding hydrogens is 221 g/mol. The van der Waals surface area contributed by atoms with Gasteiger partial charge in [0.15, 0.2) is 0 Å². The summed E-state index contributed by atoms with van der Waals surface area (Å²) in [6.45, 7) is 4.14. The topological polar surface area (TPSA) is 40.5 Å². The molecule has 1 aromatic carbocycles. The number of phenolic OH excluding ortho intramolecular Hbond substituents is 1. The van der Waals surface area contributed by atoms with Crippen molar-refractivity contribution in [3.05, 3.63) is 42.2 Å². The first kappa shape index (κ1) is 13.2. The number of aromatic hydroxyl groups is 1. The van der Waals surface area contributed by atoms with Crippen LogP contribution in [0.2, 0.25) is 0 Å². The number of rotatable bonds is 5. The molecular formula is C13H16FNO2. The molecule has 4 heteroatoms. The normalized spacial score (nSPS) is 10.0. The highest BCUT2D eigenvalue weighted by atomic mass is 19.1. The molecule has 1 rings (SSSR count). The van der Waals surface area contributed by atoms with Gasteiger partial charge in [0.05, 0.1) is 5.56 Å². The summed E-state index contributed by atoms with van der Waals surface area (Å²) in [5, 5.41) is 9.06. The summed E-state index contributed by atoms with van der Waals surface area (Å²) in [5.41, 5.74) is -0.0242. The van der Waals surface area contributed by atoms with E-state index in [0.717, 1.165) is 18.9 Å². The van der Waals surface area contributed by atoms with Gasteiger partial charge in [-0.3, -0.25) is 4.79 Å². The zero-order valence-corrected chi connectivity index (χ0v) is 9.82. The number of unbranched alkanes of at least 4 members (excludes halogenated alkanes) is 1. The van der Waals surface area contributed by atoms with Crippen LogP contribution in [0.1, 0.15) is 23.2 Å². The van der Waals surface area contributed by atoms with Crippen molar-refractivity contribution < 1.29 is 14.3 Å². The smallest absolute Gasteiger partial charge is 0.256 e. The van der Waals surface area contributed by atoms with Crippen LogP contribution >= 0.6 is 0 Å². The zero-order chi connectivity index (χ0) is 12.8. The van der Waals surface area contributed by atoms with Gasteiger partial charge in [-0.15, -0.1) is 6.58 Å². The largest absolute Gasteiger partial charge is 0.508 e. The van der Waals surface area contributed by atoms with E-state index in [1.807, 2.05) is 0 Å². The quantitative estimate of drug-likeness (QED) is 0.631. The molecule has 0 unspecified atom stereocenters. The van der Waals surface area contributed by atoms with Crippen molar-refractivity contribution in [3.8, 4) is 5.75 Å². The summed E-state index contributed by atoms with van der Waals surface area (Å²) in [6.07, 6.45) is 3.39. The lowest BCUT2D eigenvalue weighted by Crippen LogP contribution is -2.28. The lowest BCUT2D eigenvalue weighted by atomic mass is 10.1. The second-order valence-corrected chi connectivity index (χ2v) is 3.82. The maximum absolute atomic E-state index is 13.4. The summed E-state index contributed by atoms with van der Waals surface area (Å²) < 4.78 is 13.4. The van der Waals surface area contributed by atoms with Crippen molar-refractivity contribution in [2.24, 2.45) is 0 Å². The molecule has 0 spiro atoms. The number of carbonyl (C=O) groups excluding carboxylic acids is 1. The minimum absolute atomic E-state index is 0.0242. The van der Waals surface area contributed by atoms with Crippen LogP contribution in [0.15, 0.2) is 30.9 Å². The maximum atomic E-state index is 13.4. The van der Waals surface area contributed by atoms with Crippen LogP contribution in [0.3, 0.4) is 0 Å². The van der Waals surface area contributed by atoms with Crippen LogP contribution in [0.25, 0.3) is 0 Å². The highest BCUT2D eigenvalue weighted by Crippen LogP contribution is 2.16. The summed E-state index contributed by atoms with van der Waals surface area (Å²) >= 11 is 0. The molecule has 1 amide bonds. The molecule has 0 saturated carbocycles. The molecule has 0 heterocycles. The predicted octanol–water partition coefficient (Wildman–Crippen LogP) is 2.57. The maximum Gasteiger partial charge on any atom is 0.256 e. The summed E-state index contributed by atoms with van der Waals surface area (Å²) in [6, 6.07) is 3.52. The SMILES string of the molecule is C=CCCCN(C)C(=O)c1ccc(O)cc1F. The van der Waals surface area contributed by atoms with Gasteiger partial charge in [0, 0.05) is 19.7 Å². The number of nitrogens with zero attached hydrogens (tertiary/aromatic N) is 1. The van der Waals surface area contributed by atoms with Crippen LogP contribution in [-0.2, 0) is 0 Å². The summed E-state index contributed by atoms with van der Waals surface area (Å²) in [7, 11) is 1.62. The Kier molecular flexibility index (Phi) is 4.69. The molecule has 17 heavy (non-hydrogen) atoms. The van der Waals surface area contributed by atoms with E-state index in [1.165, 1.54) is 17.0 Å². The number of hydrogen-bond acceptors (Lipinski definition) is 2. The van der Waals surface area contributed by atoms with Gasteiger partial charge in [-0.2, -0.15) is 0 Å². The molecule has 0 aromatic heterocycles. The van der Waals surface area contributed by atoms with E-state index in [2.05, 4.69) is 6.58 Å². The fourth-order valence-electron chi connectivity index (χ4n) is 1.46. The number of allylic oxidation sites excluding steroid dienone is 1. The first-order chi connectivity index (χ1) is 8.06. The highest BCUT2D eigenvalue weighted by Gasteiger charge is 2.15. The first-order valence-electron chi connectivity index (χ1n) is 5.41. The van der Waals surface area contributed by atoms with Gasteiger partial charge in [0.25, 0.3) is 5.91 Å².